The second-order valence-corrected chi connectivity index (χ2v) is 7.95. The maximum atomic E-state index is 12.7. The van der Waals surface area contributed by atoms with E-state index in [-0.39, 0.29) is 6.04 Å². The minimum atomic E-state index is -3.50. The van der Waals surface area contributed by atoms with E-state index in [1.54, 1.807) is 6.07 Å². The number of nitrogens with one attached hydrogen (secondary N) is 1. The summed E-state index contributed by atoms with van der Waals surface area (Å²) < 4.78 is 28.3. The molecule has 1 unspecified atom stereocenters. The Bertz CT molecular complexity index is 795. The van der Waals surface area contributed by atoms with Crippen molar-refractivity contribution >= 4 is 26.5 Å². The Morgan fingerprint density at radius 3 is 2.36 bits per heavy atom. The van der Waals surface area contributed by atoms with Crippen LogP contribution in [0.2, 0.25) is 0 Å². The molecule has 5 heteroatoms. The summed E-state index contributed by atoms with van der Waals surface area (Å²) in [4.78, 5) is 2.36. The van der Waals surface area contributed by atoms with E-state index in [0.717, 1.165) is 29.3 Å². The van der Waals surface area contributed by atoms with Gasteiger partial charge in [0.15, 0.2) is 0 Å². The van der Waals surface area contributed by atoms with Gasteiger partial charge >= 0.3 is 0 Å². The van der Waals surface area contributed by atoms with Gasteiger partial charge in [0.05, 0.1) is 4.90 Å². The standard InChI is InChI=1S/C17H22N2O2S/c1-12(13-10-11-13)18-22(20,21)17-9-5-6-14-15(17)7-4-8-16(14)19(2)3/h4-9,12-13,18H,10-11H2,1-3H3. The molecule has 118 valence electrons. The van der Waals surface area contributed by atoms with Crippen LogP contribution in [-0.4, -0.2) is 28.6 Å². The fourth-order valence-corrected chi connectivity index (χ4v) is 4.42. The molecule has 1 aliphatic rings. The van der Waals surface area contributed by atoms with E-state index in [4.69, 9.17) is 0 Å². The maximum Gasteiger partial charge on any atom is 0.241 e. The average Bonchev–Trinajstić information content (AvgIpc) is 3.29. The first kappa shape index (κ1) is 15.3. The molecule has 3 rings (SSSR count). The number of rotatable bonds is 5. The van der Waals surface area contributed by atoms with E-state index in [9.17, 15) is 8.42 Å². The third kappa shape index (κ3) is 2.83. The van der Waals surface area contributed by atoms with Gasteiger partial charge in [0.1, 0.15) is 0 Å². The zero-order valence-corrected chi connectivity index (χ0v) is 14.0. The molecule has 0 radical (unpaired) electrons. The Balaban J connectivity index is 2.08. The highest BCUT2D eigenvalue weighted by Gasteiger charge is 2.31. The Kier molecular flexibility index (Phi) is 3.87. The predicted molar refractivity (Wildman–Crippen MR) is 90.8 cm³/mol. The van der Waals surface area contributed by atoms with E-state index in [1.807, 2.05) is 56.3 Å². The van der Waals surface area contributed by atoms with Crippen LogP contribution in [0.4, 0.5) is 5.69 Å². The highest BCUT2D eigenvalue weighted by Crippen LogP contribution is 2.34. The Hall–Kier alpha value is -1.59. The summed E-state index contributed by atoms with van der Waals surface area (Å²) in [5.74, 6) is 0.488. The number of nitrogens with zero attached hydrogens (tertiary/aromatic N) is 1. The van der Waals surface area contributed by atoms with Gasteiger partial charge in [0.25, 0.3) is 0 Å². The average molecular weight is 318 g/mol. The van der Waals surface area contributed by atoms with Gasteiger partial charge in [-0.1, -0.05) is 24.3 Å². The molecule has 0 aromatic heterocycles. The van der Waals surface area contributed by atoms with E-state index >= 15 is 0 Å². The molecule has 1 N–H and O–H groups in total. The van der Waals surface area contributed by atoms with Crippen molar-refractivity contribution in [1.29, 1.82) is 0 Å². The predicted octanol–water partition coefficient (Wildman–Crippen LogP) is 2.98. The first-order valence-corrected chi connectivity index (χ1v) is 9.10. The quantitative estimate of drug-likeness (QED) is 0.922. The number of anilines is 1. The number of sulfonamides is 1. The van der Waals surface area contributed by atoms with Crippen molar-refractivity contribution in [2.24, 2.45) is 5.92 Å². The van der Waals surface area contributed by atoms with Gasteiger partial charge < -0.3 is 4.90 Å². The van der Waals surface area contributed by atoms with Gasteiger partial charge in [0.2, 0.25) is 10.0 Å². The molecule has 1 aliphatic carbocycles. The van der Waals surface area contributed by atoms with Crippen molar-refractivity contribution in [2.75, 3.05) is 19.0 Å². The van der Waals surface area contributed by atoms with Crippen LogP contribution >= 0.6 is 0 Å². The maximum absolute atomic E-state index is 12.7. The van der Waals surface area contributed by atoms with Crippen molar-refractivity contribution in [1.82, 2.24) is 4.72 Å². The minimum absolute atomic E-state index is 0.00251. The second-order valence-electron chi connectivity index (χ2n) is 6.27. The van der Waals surface area contributed by atoms with Crippen LogP contribution in [0.5, 0.6) is 0 Å². The lowest BCUT2D eigenvalue weighted by molar-refractivity contribution is 0.539. The molecule has 0 aliphatic heterocycles. The lowest BCUT2D eigenvalue weighted by atomic mass is 10.1. The van der Waals surface area contributed by atoms with E-state index in [2.05, 4.69) is 4.72 Å². The van der Waals surface area contributed by atoms with Crippen LogP contribution in [0.15, 0.2) is 41.3 Å². The molecule has 2 aromatic carbocycles. The minimum Gasteiger partial charge on any atom is -0.377 e. The molecule has 0 heterocycles. The Morgan fingerprint density at radius 2 is 1.73 bits per heavy atom. The van der Waals surface area contributed by atoms with Crippen LogP contribution in [0.3, 0.4) is 0 Å². The molecular formula is C17H22N2O2S. The van der Waals surface area contributed by atoms with Crippen LogP contribution in [-0.2, 0) is 10.0 Å². The molecule has 2 aromatic rings. The number of hydrogen-bond acceptors (Lipinski definition) is 3. The molecule has 22 heavy (non-hydrogen) atoms. The molecule has 0 saturated heterocycles. The fraction of sp³-hybridized carbons (Fsp3) is 0.412. The van der Waals surface area contributed by atoms with Gasteiger partial charge in [-0.3, -0.25) is 0 Å². The Labute approximate surface area is 132 Å². The van der Waals surface area contributed by atoms with Crippen molar-refractivity contribution in [3.05, 3.63) is 36.4 Å². The van der Waals surface area contributed by atoms with Gasteiger partial charge in [-0.2, -0.15) is 0 Å². The van der Waals surface area contributed by atoms with Crippen molar-refractivity contribution in [3.63, 3.8) is 0 Å². The van der Waals surface area contributed by atoms with Crippen molar-refractivity contribution in [3.8, 4) is 0 Å². The summed E-state index contributed by atoms with van der Waals surface area (Å²) in [5, 5.41) is 1.72. The molecule has 1 fully saturated rings. The lowest BCUT2D eigenvalue weighted by Gasteiger charge is -2.18. The fourth-order valence-electron chi connectivity index (χ4n) is 2.89. The van der Waals surface area contributed by atoms with E-state index in [0.29, 0.717) is 10.8 Å². The lowest BCUT2D eigenvalue weighted by Crippen LogP contribution is -2.34. The molecule has 1 saturated carbocycles. The van der Waals surface area contributed by atoms with Gasteiger partial charge in [-0.25, -0.2) is 13.1 Å². The third-order valence-corrected chi connectivity index (χ3v) is 5.92. The first-order chi connectivity index (χ1) is 10.4. The third-order valence-electron chi connectivity index (χ3n) is 4.30. The van der Waals surface area contributed by atoms with Gasteiger partial charge in [-0.15, -0.1) is 0 Å². The first-order valence-electron chi connectivity index (χ1n) is 7.61. The van der Waals surface area contributed by atoms with E-state index in [1.165, 1.54) is 0 Å². The summed E-state index contributed by atoms with van der Waals surface area (Å²) in [7, 11) is 0.421. The zero-order valence-electron chi connectivity index (χ0n) is 13.2. The summed E-state index contributed by atoms with van der Waals surface area (Å²) in [6.45, 7) is 1.95. The Morgan fingerprint density at radius 1 is 1.09 bits per heavy atom. The van der Waals surface area contributed by atoms with Crippen LogP contribution in [0.1, 0.15) is 19.8 Å². The highest BCUT2D eigenvalue weighted by atomic mass is 32.2. The van der Waals surface area contributed by atoms with Gasteiger partial charge in [0, 0.05) is 36.6 Å². The van der Waals surface area contributed by atoms with Crippen molar-refractivity contribution < 1.29 is 8.42 Å². The zero-order chi connectivity index (χ0) is 15.9. The van der Waals surface area contributed by atoms with Crippen LogP contribution in [0, 0.1) is 5.92 Å². The van der Waals surface area contributed by atoms with Crippen molar-refractivity contribution in [2.45, 2.75) is 30.7 Å². The largest absolute Gasteiger partial charge is 0.377 e. The molecule has 0 amide bonds. The topological polar surface area (TPSA) is 49.4 Å². The summed E-state index contributed by atoms with van der Waals surface area (Å²) in [6, 6.07) is 11.2. The normalized spacial score (nSPS) is 16.7. The van der Waals surface area contributed by atoms with Crippen LogP contribution < -0.4 is 9.62 Å². The smallest absolute Gasteiger partial charge is 0.241 e. The molecule has 0 bridgehead atoms. The molecule has 0 spiro atoms. The summed E-state index contributed by atoms with van der Waals surface area (Å²) in [6.07, 6.45) is 2.23. The number of fused-ring (bicyclic) bond motifs is 1. The number of hydrogen-bond donors (Lipinski definition) is 1. The summed E-state index contributed by atoms with van der Waals surface area (Å²) >= 11 is 0. The van der Waals surface area contributed by atoms with E-state index < -0.39 is 10.0 Å². The van der Waals surface area contributed by atoms with Gasteiger partial charge in [-0.05, 0) is 37.8 Å². The second kappa shape index (κ2) is 5.56. The molecular weight excluding hydrogens is 296 g/mol. The molecule has 4 nitrogen and oxygen atoms in total. The summed E-state index contributed by atoms with van der Waals surface area (Å²) in [5.41, 5.74) is 1.02. The SMILES string of the molecule is CC(NS(=O)(=O)c1cccc2c(N(C)C)cccc12)C1CC1. The molecule has 1 atom stereocenters. The monoisotopic (exact) mass is 318 g/mol. The highest BCUT2D eigenvalue weighted by molar-refractivity contribution is 7.89. The van der Waals surface area contributed by atoms with Crippen LogP contribution in [0.25, 0.3) is 10.8 Å². The number of benzene rings is 2.